The van der Waals surface area contributed by atoms with E-state index in [4.69, 9.17) is 0 Å². The molecule has 2 rings (SSSR count). The number of hydrogen-bond donors (Lipinski definition) is 1. The lowest BCUT2D eigenvalue weighted by Crippen LogP contribution is -2.42. The summed E-state index contributed by atoms with van der Waals surface area (Å²) in [4.78, 5) is 27.5. The zero-order valence-corrected chi connectivity index (χ0v) is 12.2. The van der Waals surface area contributed by atoms with Crippen LogP contribution < -0.4 is 5.32 Å². The quantitative estimate of drug-likeness (QED) is 0.787. The topological polar surface area (TPSA) is 52.6 Å². The van der Waals surface area contributed by atoms with Crippen LogP contribution in [-0.4, -0.2) is 53.5 Å². The van der Waals surface area contributed by atoms with E-state index in [0.717, 1.165) is 25.6 Å². The second-order valence-electron chi connectivity index (χ2n) is 6.39. The van der Waals surface area contributed by atoms with Crippen LogP contribution in [0.2, 0.25) is 0 Å². The average molecular weight is 267 g/mol. The van der Waals surface area contributed by atoms with Crippen LogP contribution in [0.1, 0.15) is 40.0 Å². The minimum Gasteiger partial charge on any atom is -0.324 e. The predicted molar refractivity (Wildman–Crippen MR) is 73.8 cm³/mol. The summed E-state index contributed by atoms with van der Waals surface area (Å²) in [6, 6.07) is -0.252. The molecule has 1 atom stereocenters. The van der Waals surface area contributed by atoms with Crippen LogP contribution in [0.15, 0.2) is 0 Å². The molecular formula is C14H25N3O2. The standard InChI is InChI=1S/C14H25N3O2/c1-11-5-4-7-16(8-6-11)9-10-17-12(18)14(2,3)15-13(17)19/h11H,4-10H2,1-3H3,(H,15,19)/t11-/m0/s1. The van der Waals surface area contributed by atoms with E-state index in [9.17, 15) is 9.59 Å². The van der Waals surface area contributed by atoms with Crippen molar-refractivity contribution in [1.82, 2.24) is 15.1 Å². The van der Waals surface area contributed by atoms with Crippen molar-refractivity contribution >= 4 is 11.9 Å². The molecule has 108 valence electrons. The molecule has 0 radical (unpaired) electrons. The highest BCUT2D eigenvalue weighted by Crippen LogP contribution is 2.18. The smallest absolute Gasteiger partial charge is 0.324 e. The molecule has 5 nitrogen and oxygen atoms in total. The van der Waals surface area contributed by atoms with Gasteiger partial charge in [-0.1, -0.05) is 6.92 Å². The zero-order chi connectivity index (χ0) is 14.0. The Hall–Kier alpha value is -1.10. The number of imide groups is 1. The van der Waals surface area contributed by atoms with E-state index in [1.807, 2.05) is 0 Å². The summed E-state index contributed by atoms with van der Waals surface area (Å²) in [5.41, 5.74) is -0.746. The van der Waals surface area contributed by atoms with Crippen LogP contribution in [0.25, 0.3) is 0 Å². The van der Waals surface area contributed by atoms with Gasteiger partial charge in [0.15, 0.2) is 0 Å². The zero-order valence-electron chi connectivity index (χ0n) is 12.2. The average Bonchev–Trinajstić information content (AvgIpc) is 2.49. The van der Waals surface area contributed by atoms with Gasteiger partial charge in [-0.3, -0.25) is 9.69 Å². The third kappa shape index (κ3) is 3.26. The van der Waals surface area contributed by atoms with Crippen molar-refractivity contribution < 1.29 is 9.59 Å². The van der Waals surface area contributed by atoms with Gasteiger partial charge >= 0.3 is 6.03 Å². The number of carbonyl (C=O) groups is 2. The van der Waals surface area contributed by atoms with E-state index in [-0.39, 0.29) is 11.9 Å². The molecule has 3 amide bonds. The van der Waals surface area contributed by atoms with Gasteiger partial charge in [0.2, 0.25) is 0 Å². The van der Waals surface area contributed by atoms with Crippen molar-refractivity contribution in [3.63, 3.8) is 0 Å². The molecule has 2 heterocycles. The highest BCUT2D eigenvalue weighted by molar-refractivity contribution is 6.06. The Morgan fingerprint density at radius 1 is 1.21 bits per heavy atom. The van der Waals surface area contributed by atoms with E-state index >= 15 is 0 Å². The number of nitrogens with zero attached hydrogens (tertiary/aromatic N) is 2. The number of hydrogen-bond acceptors (Lipinski definition) is 3. The number of nitrogens with one attached hydrogen (secondary N) is 1. The van der Waals surface area contributed by atoms with Gasteiger partial charge in [-0.2, -0.15) is 0 Å². The highest BCUT2D eigenvalue weighted by atomic mass is 16.2. The van der Waals surface area contributed by atoms with E-state index in [1.165, 1.54) is 24.2 Å². The Morgan fingerprint density at radius 2 is 1.95 bits per heavy atom. The summed E-state index contributed by atoms with van der Waals surface area (Å²) < 4.78 is 0. The van der Waals surface area contributed by atoms with Gasteiger partial charge in [0.25, 0.3) is 5.91 Å². The summed E-state index contributed by atoms with van der Waals surface area (Å²) in [5, 5.41) is 2.72. The van der Waals surface area contributed by atoms with Gasteiger partial charge in [0.1, 0.15) is 5.54 Å². The molecule has 0 aromatic carbocycles. The monoisotopic (exact) mass is 267 g/mol. The van der Waals surface area contributed by atoms with E-state index in [0.29, 0.717) is 6.54 Å². The van der Waals surface area contributed by atoms with Crippen LogP contribution in [0.4, 0.5) is 4.79 Å². The molecule has 0 bridgehead atoms. The fourth-order valence-electron chi connectivity index (χ4n) is 2.81. The summed E-state index contributed by atoms with van der Waals surface area (Å²) in [7, 11) is 0. The molecule has 0 spiro atoms. The Labute approximate surface area is 115 Å². The number of urea groups is 1. The molecule has 2 aliphatic heterocycles. The molecule has 1 N–H and O–H groups in total. The second-order valence-corrected chi connectivity index (χ2v) is 6.39. The molecule has 2 aliphatic rings. The minimum atomic E-state index is -0.746. The molecular weight excluding hydrogens is 242 g/mol. The van der Waals surface area contributed by atoms with Gasteiger partial charge < -0.3 is 10.2 Å². The summed E-state index contributed by atoms with van der Waals surface area (Å²) >= 11 is 0. The van der Waals surface area contributed by atoms with Gasteiger partial charge in [-0.15, -0.1) is 0 Å². The normalized spacial score (nSPS) is 28.4. The predicted octanol–water partition coefficient (Wildman–Crippen LogP) is 1.44. The fraction of sp³-hybridized carbons (Fsp3) is 0.857. The third-order valence-corrected chi connectivity index (χ3v) is 4.19. The van der Waals surface area contributed by atoms with Crippen LogP contribution in [-0.2, 0) is 4.79 Å². The van der Waals surface area contributed by atoms with Gasteiger partial charge in [-0.05, 0) is 52.1 Å². The molecule has 0 unspecified atom stereocenters. The first-order valence-corrected chi connectivity index (χ1v) is 7.26. The van der Waals surface area contributed by atoms with E-state index in [2.05, 4.69) is 17.1 Å². The Balaban J connectivity index is 1.85. The van der Waals surface area contributed by atoms with Crippen molar-refractivity contribution in [1.29, 1.82) is 0 Å². The SMILES string of the molecule is C[C@H]1CCCN(CCN2C(=O)NC(C)(C)C2=O)CC1. The second kappa shape index (κ2) is 5.49. The molecule has 0 aliphatic carbocycles. The van der Waals surface area contributed by atoms with Gasteiger partial charge in [-0.25, -0.2) is 4.79 Å². The Kier molecular flexibility index (Phi) is 4.13. The van der Waals surface area contributed by atoms with Gasteiger partial charge in [0.05, 0.1) is 0 Å². The summed E-state index contributed by atoms with van der Waals surface area (Å²) in [6.07, 6.45) is 3.71. The van der Waals surface area contributed by atoms with Crippen LogP contribution in [0.3, 0.4) is 0 Å². The molecule has 0 saturated carbocycles. The van der Waals surface area contributed by atoms with Gasteiger partial charge in [0, 0.05) is 13.1 Å². The fourth-order valence-corrected chi connectivity index (χ4v) is 2.81. The third-order valence-electron chi connectivity index (χ3n) is 4.19. The van der Waals surface area contributed by atoms with Crippen molar-refractivity contribution in [2.24, 2.45) is 5.92 Å². The molecule has 2 saturated heterocycles. The van der Waals surface area contributed by atoms with Crippen LogP contribution in [0.5, 0.6) is 0 Å². The molecule has 2 fully saturated rings. The van der Waals surface area contributed by atoms with E-state index < -0.39 is 5.54 Å². The molecule has 19 heavy (non-hydrogen) atoms. The van der Waals surface area contributed by atoms with Crippen molar-refractivity contribution in [3.8, 4) is 0 Å². The molecule has 0 aromatic rings. The number of likely N-dealkylation sites (tertiary alicyclic amines) is 1. The van der Waals surface area contributed by atoms with Crippen LogP contribution in [0, 0.1) is 5.92 Å². The first-order chi connectivity index (χ1) is 8.90. The lowest BCUT2D eigenvalue weighted by Gasteiger charge is -2.23. The maximum Gasteiger partial charge on any atom is 0.325 e. The minimum absolute atomic E-state index is 0.110. The number of amides is 3. The van der Waals surface area contributed by atoms with Crippen LogP contribution >= 0.6 is 0 Å². The maximum atomic E-state index is 12.1. The van der Waals surface area contributed by atoms with Crippen molar-refractivity contribution in [2.45, 2.75) is 45.6 Å². The van der Waals surface area contributed by atoms with Crippen molar-refractivity contribution in [3.05, 3.63) is 0 Å². The first-order valence-electron chi connectivity index (χ1n) is 7.26. The summed E-state index contributed by atoms with van der Waals surface area (Å²) in [6.45, 7) is 9.25. The largest absolute Gasteiger partial charge is 0.325 e. The van der Waals surface area contributed by atoms with E-state index in [1.54, 1.807) is 13.8 Å². The number of carbonyl (C=O) groups excluding carboxylic acids is 2. The Bertz CT molecular complexity index is 368. The lowest BCUT2D eigenvalue weighted by atomic mass is 10.0. The Morgan fingerprint density at radius 3 is 2.58 bits per heavy atom. The highest BCUT2D eigenvalue weighted by Gasteiger charge is 2.43. The number of rotatable bonds is 3. The first kappa shape index (κ1) is 14.3. The summed E-state index contributed by atoms with van der Waals surface area (Å²) in [5.74, 6) is 0.682. The maximum absolute atomic E-state index is 12.1. The van der Waals surface area contributed by atoms with Crippen molar-refractivity contribution in [2.75, 3.05) is 26.2 Å². The molecule has 5 heteroatoms. The molecule has 0 aromatic heterocycles. The lowest BCUT2D eigenvalue weighted by molar-refractivity contribution is -0.130.